The number of rotatable bonds is 5. The minimum atomic E-state index is -0.739. The number of nitrogens with two attached hydrogens (primary N) is 1. The van der Waals surface area contributed by atoms with Crippen LogP contribution < -0.4 is 10.5 Å². The molecule has 0 aliphatic carbocycles. The molecule has 2 aromatic rings. The highest BCUT2D eigenvalue weighted by molar-refractivity contribution is 6.31. The van der Waals surface area contributed by atoms with E-state index in [-0.39, 0.29) is 24.5 Å². The quantitative estimate of drug-likeness (QED) is 0.770. The first-order chi connectivity index (χ1) is 13.4. The maximum Gasteiger partial charge on any atom is 0.328 e. The van der Waals surface area contributed by atoms with Crippen molar-refractivity contribution in [3.8, 4) is 5.75 Å². The Morgan fingerprint density at radius 2 is 1.89 bits per heavy atom. The molecule has 1 atom stereocenters. The van der Waals surface area contributed by atoms with E-state index in [1.807, 2.05) is 24.3 Å². The van der Waals surface area contributed by atoms with E-state index in [9.17, 15) is 14.4 Å². The van der Waals surface area contributed by atoms with Crippen molar-refractivity contribution in [1.82, 2.24) is 4.90 Å². The van der Waals surface area contributed by atoms with Gasteiger partial charge in [0.15, 0.2) is 6.61 Å². The normalized spacial score (nSPS) is 15.5. The van der Waals surface area contributed by atoms with Crippen molar-refractivity contribution in [1.29, 1.82) is 0 Å². The van der Waals surface area contributed by atoms with Crippen molar-refractivity contribution >= 4 is 29.4 Å². The molecule has 7 nitrogen and oxygen atoms in total. The second-order valence-corrected chi connectivity index (χ2v) is 6.76. The number of primary amides is 1. The van der Waals surface area contributed by atoms with E-state index >= 15 is 0 Å². The van der Waals surface area contributed by atoms with Crippen LogP contribution in [0.2, 0.25) is 5.02 Å². The number of ether oxygens (including phenoxy) is 2. The van der Waals surface area contributed by atoms with Gasteiger partial charge in [-0.25, -0.2) is 4.79 Å². The molecule has 3 rings (SSSR count). The Hall–Kier alpha value is -3.06. The van der Waals surface area contributed by atoms with Crippen LogP contribution in [-0.4, -0.2) is 42.4 Å². The van der Waals surface area contributed by atoms with Gasteiger partial charge in [-0.2, -0.15) is 0 Å². The van der Waals surface area contributed by atoms with Gasteiger partial charge in [-0.1, -0.05) is 35.9 Å². The summed E-state index contributed by atoms with van der Waals surface area (Å²) in [5.74, 6) is -1.47. The van der Waals surface area contributed by atoms with Crippen LogP contribution in [0.25, 0.3) is 0 Å². The van der Waals surface area contributed by atoms with Crippen LogP contribution in [0.5, 0.6) is 5.75 Å². The number of hydrogen-bond donors (Lipinski definition) is 1. The molecule has 146 valence electrons. The fourth-order valence-corrected chi connectivity index (χ4v) is 3.35. The number of methoxy groups -OCH3 is 1. The molecule has 0 saturated heterocycles. The summed E-state index contributed by atoms with van der Waals surface area (Å²) in [6, 6.07) is 11.2. The van der Waals surface area contributed by atoms with Gasteiger partial charge in [-0.15, -0.1) is 0 Å². The topological polar surface area (TPSA) is 98.9 Å². The first-order valence-electron chi connectivity index (χ1n) is 8.57. The molecule has 1 aliphatic rings. The summed E-state index contributed by atoms with van der Waals surface area (Å²) in [6.07, 6.45) is 0.363. The molecule has 1 heterocycles. The van der Waals surface area contributed by atoms with Crippen LogP contribution >= 0.6 is 11.6 Å². The smallest absolute Gasteiger partial charge is 0.328 e. The van der Waals surface area contributed by atoms with E-state index in [1.54, 1.807) is 0 Å². The summed E-state index contributed by atoms with van der Waals surface area (Å²) >= 11 is 5.87. The Morgan fingerprint density at radius 3 is 2.57 bits per heavy atom. The summed E-state index contributed by atoms with van der Waals surface area (Å²) in [4.78, 5) is 38.0. The van der Waals surface area contributed by atoms with E-state index in [1.165, 1.54) is 30.2 Å². The zero-order valence-electron chi connectivity index (χ0n) is 15.2. The van der Waals surface area contributed by atoms with Crippen LogP contribution in [0.4, 0.5) is 0 Å². The largest absolute Gasteiger partial charge is 0.483 e. The summed E-state index contributed by atoms with van der Waals surface area (Å²) in [6.45, 7) is -0.0982. The average molecular weight is 403 g/mol. The van der Waals surface area contributed by atoms with Crippen LogP contribution in [0.1, 0.15) is 21.5 Å². The molecule has 0 saturated carbocycles. The van der Waals surface area contributed by atoms with Gasteiger partial charge in [0, 0.05) is 18.0 Å². The van der Waals surface area contributed by atoms with Crippen LogP contribution in [-0.2, 0) is 27.3 Å². The minimum Gasteiger partial charge on any atom is -0.483 e. The lowest BCUT2D eigenvalue weighted by atomic mass is 9.94. The van der Waals surface area contributed by atoms with Gasteiger partial charge >= 0.3 is 5.97 Å². The van der Waals surface area contributed by atoms with Gasteiger partial charge in [0.1, 0.15) is 11.8 Å². The summed E-state index contributed by atoms with van der Waals surface area (Å²) < 4.78 is 10.4. The van der Waals surface area contributed by atoms with Crippen molar-refractivity contribution in [2.24, 2.45) is 5.73 Å². The summed E-state index contributed by atoms with van der Waals surface area (Å²) in [5.41, 5.74) is 7.36. The number of carbonyl (C=O) groups excluding carboxylic acids is 3. The zero-order valence-corrected chi connectivity index (χ0v) is 15.9. The highest BCUT2D eigenvalue weighted by atomic mass is 35.5. The van der Waals surface area contributed by atoms with Gasteiger partial charge in [0.2, 0.25) is 0 Å². The SMILES string of the molecule is COC(=O)[C@H]1Cc2ccccc2CN1C(=O)COc1ccc(Cl)cc1C(N)=O. The lowest BCUT2D eigenvalue weighted by molar-refractivity contribution is -0.154. The Bertz CT molecular complexity index is 931. The number of nitrogens with zero attached hydrogens (tertiary/aromatic N) is 1. The predicted molar refractivity (Wildman–Crippen MR) is 102 cm³/mol. The lowest BCUT2D eigenvalue weighted by Gasteiger charge is -2.35. The van der Waals surface area contributed by atoms with E-state index in [0.717, 1.165) is 11.1 Å². The van der Waals surface area contributed by atoms with Crippen molar-refractivity contribution in [3.63, 3.8) is 0 Å². The number of carbonyl (C=O) groups is 3. The monoisotopic (exact) mass is 402 g/mol. The second kappa shape index (κ2) is 8.31. The highest BCUT2D eigenvalue weighted by Gasteiger charge is 2.35. The molecule has 0 radical (unpaired) electrons. The molecule has 0 spiro atoms. The third-order valence-corrected chi connectivity index (χ3v) is 4.84. The maximum atomic E-state index is 12.8. The van der Waals surface area contributed by atoms with E-state index in [4.69, 9.17) is 26.8 Å². The fraction of sp³-hybridized carbons (Fsp3) is 0.250. The molecule has 2 amide bonds. The Balaban J connectivity index is 1.79. The summed E-state index contributed by atoms with van der Waals surface area (Å²) in [5, 5.41) is 0.325. The minimum absolute atomic E-state index is 0.0776. The van der Waals surface area contributed by atoms with Crippen LogP contribution in [0.15, 0.2) is 42.5 Å². The van der Waals surface area contributed by atoms with Crippen LogP contribution in [0, 0.1) is 0 Å². The van der Waals surface area contributed by atoms with Gasteiger partial charge in [-0.05, 0) is 29.3 Å². The molecular weight excluding hydrogens is 384 g/mol. The van der Waals surface area contributed by atoms with Crippen molar-refractivity contribution in [2.75, 3.05) is 13.7 Å². The number of fused-ring (bicyclic) bond motifs is 1. The Morgan fingerprint density at radius 1 is 1.18 bits per heavy atom. The molecule has 0 fully saturated rings. The molecule has 2 N–H and O–H groups in total. The van der Waals surface area contributed by atoms with Crippen molar-refractivity contribution < 1.29 is 23.9 Å². The average Bonchev–Trinajstić information content (AvgIpc) is 2.70. The second-order valence-electron chi connectivity index (χ2n) is 6.33. The van der Waals surface area contributed by atoms with E-state index < -0.39 is 23.8 Å². The molecule has 0 aromatic heterocycles. The number of halogens is 1. The molecule has 0 bridgehead atoms. The predicted octanol–water partition coefficient (Wildman–Crippen LogP) is 1.94. The highest BCUT2D eigenvalue weighted by Crippen LogP contribution is 2.26. The third-order valence-electron chi connectivity index (χ3n) is 4.60. The molecule has 0 unspecified atom stereocenters. The van der Waals surface area contributed by atoms with Crippen molar-refractivity contribution in [2.45, 2.75) is 19.0 Å². The van der Waals surface area contributed by atoms with Gasteiger partial charge in [-0.3, -0.25) is 9.59 Å². The molecule has 2 aromatic carbocycles. The molecule has 28 heavy (non-hydrogen) atoms. The van der Waals surface area contributed by atoms with Crippen LogP contribution in [0.3, 0.4) is 0 Å². The third kappa shape index (κ3) is 4.09. The maximum absolute atomic E-state index is 12.8. The number of esters is 1. The Labute approximate surface area is 167 Å². The first-order valence-corrected chi connectivity index (χ1v) is 8.94. The number of benzene rings is 2. The molecule has 8 heteroatoms. The van der Waals surface area contributed by atoms with Gasteiger partial charge in [0.25, 0.3) is 11.8 Å². The molecular formula is C20H19ClN2O5. The first kappa shape index (κ1) is 19.7. The number of hydrogen-bond acceptors (Lipinski definition) is 5. The van der Waals surface area contributed by atoms with E-state index in [0.29, 0.717) is 11.4 Å². The summed E-state index contributed by atoms with van der Waals surface area (Å²) in [7, 11) is 1.29. The standard InChI is InChI=1S/C20H19ClN2O5/c1-27-20(26)16-8-12-4-2-3-5-13(12)10-23(16)18(24)11-28-17-7-6-14(21)9-15(17)19(22)25/h2-7,9,16H,8,10-11H2,1H3,(H2,22,25)/t16-/m1/s1. The lowest BCUT2D eigenvalue weighted by Crippen LogP contribution is -2.50. The zero-order chi connectivity index (χ0) is 20.3. The fourth-order valence-electron chi connectivity index (χ4n) is 3.17. The van der Waals surface area contributed by atoms with E-state index in [2.05, 4.69) is 0 Å². The van der Waals surface area contributed by atoms with Gasteiger partial charge in [0.05, 0.1) is 12.7 Å². The van der Waals surface area contributed by atoms with Gasteiger partial charge < -0.3 is 20.1 Å². The Kier molecular flexibility index (Phi) is 5.84. The van der Waals surface area contributed by atoms with Crippen molar-refractivity contribution in [3.05, 3.63) is 64.2 Å². The number of amides is 2. The molecule has 1 aliphatic heterocycles.